The van der Waals surface area contributed by atoms with E-state index in [-0.39, 0.29) is 0 Å². The average molecular weight is 183 g/mol. The van der Waals surface area contributed by atoms with Gasteiger partial charge >= 0.3 is 0 Å². The van der Waals surface area contributed by atoms with Gasteiger partial charge in [0, 0.05) is 11.6 Å². The van der Waals surface area contributed by atoms with Crippen molar-refractivity contribution >= 4 is 23.0 Å². The van der Waals surface area contributed by atoms with Gasteiger partial charge in [-0.1, -0.05) is 11.6 Å². The molecule has 0 atom stereocenters. The number of fused-ring (bicyclic) bond motifs is 1. The van der Waals surface area contributed by atoms with E-state index in [9.17, 15) is 0 Å². The van der Waals surface area contributed by atoms with Gasteiger partial charge in [-0.25, -0.2) is 0 Å². The molecule has 0 aliphatic carbocycles. The Labute approximate surface area is 77.1 Å². The molecule has 0 bridgehead atoms. The molecule has 0 saturated heterocycles. The van der Waals surface area contributed by atoms with Crippen LogP contribution in [0.15, 0.2) is 18.2 Å². The van der Waals surface area contributed by atoms with E-state index in [1.807, 2.05) is 12.1 Å². The summed E-state index contributed by atoms with van der Waals surface area (Å²) in [5, 5.41) is 4.07. The normalized spacial score (nSPS) is 14.3. The molecule has 1 aliphatic heterocycles. The summed E-state index contributed by atoms with van der Waals surface area (Å²) >= 11 is 5.86. The Morgan fingerprint density at radius 2 is 2.42 bits per heavy atom. The largest absolute Gasteiger partial charge is 0.366 e. The molecular weight excluding hydrogens is 172 g/mol. The van der Waals surface area contributed by atoms with Gasteiger partial charge in [-0.05, 0) is 25.1 Å². The number of benzene rings is 1. The highest BCUT2D eigenvalue weighted by Gasteiger charge is 2.15. The van der Waals surface area contributed by atoms with E-state index in [2.05, 4.69) is 23.2 Å². The number of anilines is 2. The van der Waals surface area contributed by atoms with Gasteiger partial charge in [-0.3, -0.25) is 0 Å². The Hall–Kier alpha value is -0.890. The van der Waals surface area contributed by atoms with Gasteiger partial charge in [0.05, 0.1) is 18.0 Å². The zero-order valence-corrected chi connectivity index (χ0v) is 7.73. The molecule has 64 valence electrons. The van der Waals surface area contributed by atoms with Gasteiger partial charge in [0.25, 0.3) is 0 Å². The van der Waals surface area contributed by atoms with E-state index in [0.29, 0.717) is 0 Å². The average Bonchev–Trinajstić information content (AvgIpc) is 2.46. The van der Waals surface area contributed by atoms with Crippen LogP contribution in [-0.2, 0) is 0 Å². The van der Waals surface area contributed by atoms with Crippen molar-refractivity contribution in [3.05, 3.63) is 23.2 Å². The lowest BCUT2D eigenvalue weighted by molar-refractivity contribution is 0.911. The first-order chi connectivity index (χ1) is 5.81. The number of nitrogens with zero attached hydrogens (tertiary/aromatic N) is 1. The van der Waals surface area contributed by atoms with Crippen molar-refractivity contribution in [3.8, 4) is 0 Å². The van der Waals surface area contributed by atoms with Crippen molar-refractivity contribution in [3.63, 3.8) is 0 Å². The molecule has 0 spiro atoms. The fourth-order valence-corrected chi connectivity index (χ4v) is 1.65. The molecule has 0 unspecified atom stereocenters. The number of halogens is 1. The third-order valence-electron chi connectivity index (χ3n) is 2.14. The Morgan fingerprint density at radius 1 is 1.58 bits per heavy atom. The molecule has 0 fully saturated rings. The van der Waals surface area contributed by atoms with Crippen LogP contribution in [0.5, 0.6) is 0 Å². The van der Waals surface area contributed by atoms with E-state index in [1.54, 1.807) is 0 Å². The van der Waals surface area contributed by atoms with Gasteiger partial charge in [0.1, 0.15) is 0 Å². The summed E-state index contributed by atoms with van der Waals surface area (Å²) in [6.45, 7) is 4.07. The lowest BCUT2D eigenvalue weighted by atomic mass is 10.2. The summed E-state index contributed by atoms with van der Waals surface area (Å²) in [7, 11) is 0. The van der Waals surface area contributed by atoms with Crippen molar-refractivity contribution in [1.29, 1.82) is 0 Å². The lowest BCUT2D eigenvalue weighted by Gasteiger charge is -2.14. The summed E-state index contributed by atoms with van der Waals surface area (Å²) in [4.78, 5) is 2.27. The van der Waals surface area contributed by atoms with Gasteiger partial charge < -0.3 is 10.2 Å². The molecule has 2 nitrogen and oxygen atoms in total. The van der Waals surface area contributed by atoms with Crippen LogP contribution in [-0.4, -0.2) is 13.2 Å². The van der Waals surface area contributed by atoms with E-state index in [4.69, 9.17) is 11.6 Å². The third-order valence-corrected chi connectivity index (χ3v) is 2.38. The summed E-state index contributed by atoms with van der Waals surface area (Å²) < 4.78 is 0. The van der Waals surface area contributed by atoms with Crippen LogP contribution in [0.2, 0.25) is 5.02 Å². The molecule has 12 heavy (non-hydrogen) atoms. The fraction of sp³-hybridized carbons (Fsp3) is 0.333. The Bertz CT molecular complexity index is 299. The number of rotatable bonds is 1. The van der Waals surface area contributed by atoms with Crippen LogP contribution >= 0.6 is 11.6 Å². The van der Waals surface area contributed by atoms with E-state index < -0.39 is 0 Å². The monoisotopic (exact) mass is 182 g/mol. The first-order valence-corrected chi connectivity index (χ1v) is 4.47. The highest BCUT2D eigenvalue weighted by molar-refractivity contribution is 6.31. The van der Waals surface area contributed by atoms with Crippen LogP contribution in [0.3, 0.4) is 0 Å². The SMILES string of the molecule is CCN1CNc2cc(Cl)ccc21. The van der Waals surface area contributed by atoms with E-state index >= 15 is 0 Å². The van der Waals surface area contributed by atoms with E-state index in [1.165, 1.54) is 5.69 Å². The molecule has 1 N–H and O–H groups in total. The Morgan fingerprint density at radius 3 is 3.17 bits per heavy atom. The maximum absolute atomic E-state index is 5.86. The zero-order valence-electron chi connectivity index (χ0n) is 6.97. The minimum atomic E-state index is 0.791. The van der Waals surface area contributed by atoms with Crippen molar-refractivity contribution < 1.29 is 0 Å². The number of hydrogen-bond acceptors (Lipinski definition) is 2. The molecule has 0 radical (unpaired) electrons. The topological polar surface area (TPSA) is 15.3 Å². The first-order valence-electron chi connectivity index (χ1n) is 4.09. The highest BCUT2D eigenvalue weighted by Crippen LogP contribution is 2.32. The van der Waals surface area contributed by atoms with E-state index in [0.717, 1.165) is 23.9 Å². The second kappa shape index (κ2) is 2.87. The van der Waals surface area contributed by atoms with Crippen molar-refractivity contribution in [1.82, 2.24) is 0 Å². The minimum Gasteiger partial charge on any atom is -0.366 e. The van der Waals surface area contributed by atoms with Crippen molar-refractivity contribution in [2.75, 3.05) is 23.4 Å². The fourth-order valence-electron chi connectivity index (χ4n) is 1.47. The molecule has 1 aromatic carbocycles. The standard InChI is InChI=1S/C9H11ClN2/c1-2-12-6-11-8-5-7(10)3-4-9(8)12/h3-5,11H,2,6H2,1H3. The van der Waals surface area contributed by atoms with Gasteiger partial charge in [0.2, 0.25) is 0 Å². The highest BCUT2D eigenvalue weighted by atomic mass is 35.5. The zero-order chi connectivity index (χ0) is 8.55. The smallest absolute Gasteiger partial charge is 0.0877 e. The van der Waals surface area contributed by atoms with Crippen LogP contribution in [0.25, 0.3) is 0 Å². The molecule has 0 amide bonds. The Kier molecular flexibility index (Phi) is 1.85. The summed E-state index contributed by atoms with van der Waals surface area (Å²) in [5.41, 5.74) is 2.39. The predicted octanol–water partition coefficient (Wildman–Crippen LogP) is 2.55. The molecule has 0 saturated carbocycles. The molecular formula is C9H11ClN2. The molecule has 2 rings (SSSR count). The predicted molar refractivity (Wildman–Crippen MR) is 53.0 cm³/mol. The van der Waals surface area contributed by atoms with Crippen LogP contribution < -0.4 is 10.2 Å². The van der Waals surface area contributed by atoms with Crippen molar-refractivity contribution in [2.24, 2.45) is 0 Å². The van der Waals surface area contributed by atoms with Crippen LogP contribution in [0.4, 0.5) is 11.4 Å². The second-order valence-corrected chi connectivity index (χ2v) is 3.29. The maximum atomic E-state index is 5.86. The third kappa shape index (κ3) is 1.12. The number of hydrogen-bond donors (Lipinski definition) is 1. The second-order valence-electron chi connectivity index (χ2n) is 2.85. The minimum absolute atomic E-state index is 0.791. The Balaban J connectivity index is 2.40. The summed E-state index contributed by atoms with van der Waals surface area (Å²) in [5.74, 6) is 0. The molecule has 3 heteroatoms. The molecule has 1 aliphatic rings. The first kappa shape index (κ1) is 7.74. The van der Waals surface area contributed by atoms with Crippen LogP contribution in [0, 0.1) is 0 Å². The lowest BCUT2D eigenvalue weighted by Crippen LogP contribution is -2.21. The quantitative estimate of drug-likeness (QED) is 0.718. The molecule has 0 aromatic heterocycles. The molecule has 1 aromatic rings. The number of nitrogens with one attached hydrogen (secondary N) is 1. The maximum Gasteiger partial charge on any atom is 0.0877 e. The molecule has 1 heterocycles. The van der Waals surface area contributed by atoms with Gasteiger partial charge in [-0.15, -0.1) is 0 Å². The van der Waals surface area contributed by atoms with Crippen LogP contribution in [0.1, 0.15) is 6.92 Å². The van der Waals surface area contributed by atoms with Gasteiger partial charge in [0.15, 0.2) is 0 Å². The summed E-state index contributed by atoms with van der Waals surface area (Å²) in [6, 6.07) is 5.95. The van der Waals surface area contributed by atoms with Crippen molar-refractivity contribution in [2.45, 2.75) is 6.92 Å². The summed E-state index contributed by atoms with van der Waals surface area (Å²) in [6.07, 6.45) is 0. The van der Waals surface area contributed by atoms with Gasteiger partial charge in [-0.2, -0.15) is 0 Å².